The van der Waals surface area contributed by atoms with Crippen LogP contribution in [0.4, 0.5) is 18.0 Å². The third kappa shape index (κ3) is 7.49. The number of amides is 1. The fraction of sp³-hybridized carbons (Fsp3) is 0.393. The maximum atomic E-state index is 13.5. The summed E-state index contributed by atoms with van der Waals surface area (Å²) < 4.78 is 84.6. The number of sulfonamides is 1. The third-order valence-electron chi connectivity index (χ3n) is 7.01. The van der Waals surface area contributed by atoms with Crippen LogP contribution in [0.1, 0.15) is 44.4 Å². The van der Waals surface area contributed by atoms with Crippen LogP contribution in [0.5, 0.6) is 0 Å². The molecule has 18 heteroatoms. The zero-order valence-electron chi connectivity index (χ0n) is 24.9. The van der Waals surface area contributed by atoms with Gasteiger partial charge in [-0.2, -0.15) is 22.9 Å². The first kappa shape index (κ1) is 32.5. The third-order valence-corrected chi connectivity index (χ3v) is 8.34. The second-order valence-electron chi connectivity index (χ2n) is 10.4. The summed E-state index contributed by atoms with van der Waals surface area (Å²) in [5.74, 6) is -0.449. The SMILES string of the molecule is CCC(=O)OC(C)On1on1N1CCC[C@H]1COC(=O)NS(=O)(=O)c1ccc(-n2nc(C(F)(F)F)cc2-c2ccc(C)cc2)cc1. The Balaban J connectivity index is 1.21. The molecule has 1 unspecified atom stereocenters. The Morgan fingerprint density at radius 2 is 1.83 bits per heavy atom. The minimum atomic E-state index is -4.70. The van der Waals surface area contributed by atoms with Gasteiger partial charge >= 0.3 is 18.2 Å². The van der Waals surface area contributed by atoms with Crippen LogP contribution in [0, 0.1) is 6.92 Å². The second-order valence-corrected chi connectivity index (χ2v) is 12.1. The van der Waals surface area contributed by atoms with Crippen LogP contribution in [0.15, 0.2) is 64.1 Å². The first-order valence-corrected chi connectivity index (χ1v) is 15.7. The van der Waals surface area contributed by atoms with Gasteiger partial charge in [-0.25, -0.2) is 22.6 Å². The van der Waals surface area contributed by atoms with Gasteiger partial charge in [0, 0.05) is 25.5 Å². The Bertz CT molecular complexity index is 1770. The number of carbonyl (C=O) groups excluding carboxylic acids is 2. The van der Waals surface area contributed by atoms with Gasteiger partial charge in [0.05, 0.1) is 27.3 Å². The molecule has 2 atom stereocenters. The Morgan fingerprint density at radius 3 is 2.48 bits per heavy atom. The lowest BCUT2D eigenvalue weighted by molar-refractivity contribution is -0.181. The molecule has 1 aliphatic rings. The van der Waals surface area contributed by atoms with E-state index in [1.165, 1.54) is 24.0 Å². The number of alkyl halides is 3. The van der Waals surface area contributed by atoms with E-state index in [-0.39, 0.29) is 35.3 Å². The second kappa shape index (κ2) is 12.9. The van der Waals surface area contributed by atoms with Gasteiger partial charge in [-0.1, -0.05) is 36.8 Å². The molecule has 1 amide bonds. The van der Waals surface area contributed by atoms with E-state index < -0.39 is 40.2 Å². The van der Waals surface area contributed by atoms with Crippen molar-refractivity contribution in [3.63, 3.8) is 0 Å². The van der Waals surface area contributed by atoms with Gasteiger partial charge in [-0.3, -0.25) is 9.80 Å². The summed E-state index contributed by atoms with van der Waals surface area (Å²) in [6.07, 6.45) is -5.33. The van der Waals surface area contributed by atoms with Crippen molar-refractivity contribution in [3.8, 4) is 16.9 Å². The van der Waals surface area contributed by atoms with Crippen molar-refractivity contribution in [2.45, 2.75) is 63.4 Å². The largest absolute Gasteiger partial charge is 0.447 e. The molecular weight excluding hydrogens is 637 g/mol. The molecule has 4 aromatic rings. The predicted octanol–water partition coefficient (Wildman–Crippen LogP) is 4.01. The molecule has 3 heterocycles. The first-order valence-electron chi connectivity index (χ1n) is 14.2. The summed E-state index contributed by atoms with van der Waals surface area (Å²) >= 11 is 0. The van der Waals surface area contributed by atoms with Crippen molar-refractivity contribution in [1.82, 2.24) is 24.5 Å². The quantitative estimate of drug-likeness (QED) is 0.183. The number of rotatable bonds is 11. The number of aromatic nitrogens is 4. The molecule has 46 heavy (non-hydrogen) atoms. The van der Waals surface area contributed by atoms with Crippen LogP contribution in [0.3, 0.4) is 0 Å². The fourth-order valence-corrected chi connectivity index (χ4v) is 5.55. The number of ether oxygens (including phenoxy) is 2. The first-order chi connectivity index (χ1) is 21.7. The summed E-state index contributed by atoms with van der Waals surface area (Å²) in [5.41, 5.74) is 0.612. The van der Waals surface area contributed by atoms with Gasteiger partial charge in [-0.15, -0.1) is 0 Å². The lowest BCUT2D eigenvalue weighted by Crippen LogP contribution is -2.42. The molecule has 248 valence electrons. The summed E-state index contributed by atoms with van der Waals surface area (Å²) in [7, 11) is -4.39. The molecule has 1 fully saturated rings. The van der Waals surface area contributed by atoms with Crippen molar-refractivity contribution >= 4 is 22.1 Å². The number of nitrogens with one attached hydrogen (secondary N) is 1. The average molecular weight is 669 g/mol. The number of carbonyl (C=O) groups is 2. The van der Waals surface area contributed by atoms with Crippen LogP contribution in [0.2, 0.25) is 0 Å². The van der Waals surface area contributed by atoms with Gasteiger partial charge in [0.15, 0.2) is 5.69 Å². The number of hydrogen-bond donors (Lipinski definition) is 1. The van der Waals surface area contributed by atoms with E-state index in [0.29, 0.717) is 18.5 Å². The summed E-state index contributed by atoms with van der Waals surface area (Å²) in [6, 6.07) is 12.2. The molecular formula is C28H31F3N6O8S. The van der Waals surface area contributed by atoms with Gasteiger partial charge in [0.2, 0.25) is 0 Å². The van der Waals surface area contributed by atoms with Crippen molar-refractivity contribution in [2.75, 3.05) is 18.2 Å². The zero-order chi connectivity index (χ0) is 33.2. The molecule has 2 aromatic carbocycles. The van der Waals surface area contributed by atoms with Crippen LogP contribution < -0.4 is 14.6 Å². The molecule has 0 radical (unpaired) electrons. The highest BCUT2D eigenvalue weighted by molar-refractivity contribution is 7.90. The van der Waals surface area contributed by atoms with Crippen molar-refractivity contribution in [3.05, 3.63) is 65.9 Å². The Kier molecular flexibility index (Phi) is 9.09. The van der Waals surface area contributed by atoms with Gasteiger partial charge in [0.25, 0.3) is 16.3 Å². The highest BCUT2D eigenvalue weighted by Crippen LogP contribution is 2.33. The number of hydrogen-bond acceptors (Lipinski definition) is 10. The summed E-state index contributed by atoms with van der Waals surface area (Å²) in [4.78, 5) is 30.1. The minimum Gasteiger partial charge on any atom is -0.447 e. The van der Waals surface area contributed by atoms with E-state index in [9.17, 15) is 31.2 Å². The molecule has 2 aromatic heterocycles. The number of aryl methyl sites for hydroxylation is 1. The average Bonchev–Trinajstić information content (AvgIpc) is 3.37. The van der Waals surface area contributed by atoms with Crippen LogP contribution in [-0.2, 0) is 30.5 Å². The number of halogens is 3. The molecule has 0 saturated carbocycles. The van der Waals surface area contributed by atoms with E-state index in [2.05, 4.69) is 5.10 Å². The Labute approximate surface area is 261 Å². The standard InChI is InChI=1S/C28H31F3N6O8S/c1-4-26(38)43-19(3)44-37-36(45-37)34-15-5-6-22(34)17-42-27(39)33-46(40,41)23-13-11-21(12-14-23)35-24(16-25(32-35)28(29,30)31)20-9-7-18(2)8-10-20/h7-14,16,19,22H,4-6,15,17H2,1-3H3,(H,33,39)/t19?,22-,36?,37?/m0/s1. The van der Waals surface area contributed by atoms with Gasteiger partial charge in [-0.05, 0) is 50.1 Å². The Hall–Kier alpha value is -4.87. The summed E-state index contributed by atoms with van der Waals surface area (Å²) in [6.45, 7) is 5.34. The van der Waals surface area contributed by atoms with Crippen LogP contribution in [0.25, 0.3) is 16.9 Å². The van der Waals surface area contributed by atoms with Crippen molar-refractivity contribution in [2.24, 2.45) is 0 Å². The van der Waals surface area contributed by atoms with Crippen molar-refractivity contribution in [1.29, 1.82) is 0 Å². The van der Waals surface area contributed by atoms with E-state index >= 15 is 0 Å². The molecule has 5 rings (SSSR count). The summed E-state index contributed by atoms with van der Waals surface area (Å²) in [5, 5.41) is 6.41. The molecule has 1 saturated heterocycles. The number of benzene rings is 2. The Morgan fingerprint density at radius 1 is 1.13 bits per heavy atom. The molecule has 14 nitrogen and oxygen atoms in total. The maximum absolute atomic E-state index is 13.5. The van der Waals surface area contributed by atoms with E-state index in [4.69, 9.17) is 18.9 Å². The molecule has 0 spiro atoms. The van der Waals surface area contributed by atoms with E-state index in [1.807, 2.05) is 11.6 Å². The van der Waals surface area contributed by atoms with Crippen LogP contribution in [-0.4, -0.2) is 65.7 Å². The van der Waals surface area contributed by atoms with Crippen molar-refractivity contribution < 1.29 is 50.1 Å². The highest BCUT2D eigenvalue weighted by Gasteiger charge is 2.36. The molecule has 0 bridgehead atoms. The van der Waals surface area contributed by atoms with E-state index in [1.54, 1.807) is 36.2 Å². The molecule has 1 N–H and O–H groups in total. The van der Waals surface area contributed by atoms with Gasteiger partial charge < -0.3 is 14.3 Å². The number of esters is 1. The zero-order valence-corrected chi connectivity index (χ0v) is 25.7. The topological polar surface area (TPSA) is 152 Å². The lowest BCUT2D eigenvalue weighted by atomic mass is 10.1. The van der Waals surface area contributed by atoms with E-state index in [0.717, 1.165) is 39.9 Å². The molecule has 1 aliphatic heterocycles. The number of nitrogens with zero attached hydrogens (tertiary/aromatic N) is 5. The maximum Gasteiger partial charge on any atom is 0.435 e. The van der Waals surface area contributed by atoms with Crippen LogP contribution >= 0.6 is 0 Å². The lowest BCUT2D eigenvalue weighted by Gasteiger charge is -2.20. The predicted molar refractivity (Wildman–Crippen MR) is 154 cm³/mol. The fourth-order valence-electron chi connectivity index (χ4n) is 4.66. The molecule has 0 aliphatic carbocycles. The smallest absolute Gasteiger partial charge is 0.435 e. The highest BCUT2D eigenvalue weighted by atomic mass is 32.2. The van der Waals surface area contributed by atoms with Gasteiger partial charge in [0.1, 0.15) is 11.6 Å². The normalized spacial score (nSPS) is 16.0. The minimum absolute atomic E-state index is 0.155. The monoisotopic (exact) mass is 668 g/mol.